The van der Waals surface area contributed by atoms with Crippen LogP contribution < -0.4 is 10.5 Å². The van der Waals surface area contributed by atoms with Crippen molar-refractivity contribution in [1.82, 2.24) is 0 Å². The highest BCUT2D eigenvalue weighted by molar-refractivity contribution is 6.43. The van der Waals surface area contributed by atoms with E-state index in [0.717, 1.165) is 6.08 Å². The van der Waals surface area contributed by atoms with Gasteiger partial charge in [0.1, 0.15) is 10.8 Å². The zero-order chi connectivity index (χ0) is 11.3. The Bertz CT molecular complexity index is 400. The minimum absolute atomic E-state index is 0.365. The molecule has 0 unspecified atom stereocenters. The van der Waals surface area contributed by atoms with E-state index >= 15 is 0 Å². The van der Waals surface area contributed by atoms with E-state index in [1.54, 1.807) is 30.3 Å². The molecule has 1 amide bonds. The van der Waals surface area contributed by atoms with Gasteiger partial charge in [0.25, 0.3) is 5.91 Å². The summed E-state index contributed by atoms with van der Waals surface area (Å²) in [6, 6.07) is 8.40. The average molecular weight is 226 g/mol. The number of nitrogens with two attached hydrogens (primary N) is 1. The second-order valence-corrected chi connectivity index (χ2v) is 3.00. The van der Waals surface area contributed by atoms with Crippen LogP contribution in [-0.4, -0.2) is 11.9 Å². The van der Waals surface area contributed by atoms with E-state index in [1.807, 2.05) is 0 Å². The first kappa shape index (κ1) is 11.3. The molecule has 0 heterocycles. The van der Waals surface area contributed by atoms with E-state index in [-0.39, 0.29) is 5.03 Å². The predicted octanol–water partition coefficient (Wildman–Crippen LogP) is 1.20. The summed E-state index contributed by atoms with van der Waals surface area (Å²) in [6.45, 7) is 0. The number of carbonyl (C=O) groups excluding carboxylic acids is 2. The van der Waals surface area contributed by atoms with Crippen molar-refractivity contribution in [3.63, 3.8) is 0 Å². The Morgan fingerprint density at radius 2 is 1.87 bits per heavy atom. The molecule has 15 heavy (non-hydrogen) atoms. The molecule has 0 fully saturated rings. The van der Waals surface area contributed by atoms with Gasteiger partial charge < -0.3 is 10.5 Å². The lowest BCUT2D eigenvalue weighted by Gasteiger charge is -1.99. The van der Waals surface area contributed by atoms with Gasteiger partial charge >= 0.3 is 5.97 Å². The van der Waals surface area contributed by atoms with E-state index in [1.165, 1.54) is 0 Å². The van der Waals surface area contributed by atoms with Gasteiger partial charge in [-0.15, -0.1) is 0 Å². The summed E-state index contributed by atoms with van der Waals surface area (Å²) in [7, 11) is 0. The summed E-state index contributed by atoms with van der Waals surface area (Å²) in [6.07, 6.45) is 0.830. The minimum atomic E-state index is -0.873. The quantitative estimate of drug-likeness (QED) is 0.477. The van der Waals surface area contributed by atoms with Crippen molar-refractivity contribution in [2.45, 2.75) is 0 Å². The highest BCUT2D eigenvalue weighted by Crippen LogP contribution is 2.09. The van der Waals surface area contributed by atoms with Crippen LogP contribution in [0.2, 0.25) is 0 Å². The lowest BCUT2D eigenvalue weighted by Crippen LogP contribution is -2.13. The molecule has 0 atom stereocenters. The third-order valence-electron chi connectivity index (χ3n) is 1.44. The third-order valence-corrected chi connectivity index (χ3v) is 1.74. The number of esters is 1. The lowest BCUT2D eigenvalue weighted by atomic mass is 10.3. The zero-order valence-corrected chi connectivity index (χ0v) is 8.40. The molecule has 1 rings (SSSR count). The number of ether oxygens (including phenoxy) is 1. The number of hydrogen-bond acceptors (Lipinski definition) is 3. The van der Waals surface area contributed by atoms with Gasteiger partial charge in [0.05, 0.1) is 0 Å². The SMILES string of the molecule is NC(=O)/C(Cl)=C\C(=O)Oc1ccccc1. The van der Waals surface area contributed by atoms with Crippen LogP contribution in [0.15, 0.2) is 41.4 Å². The van der Waals surface area contributed by atoms with Crippen molar-refractivity contribution in [1.29, 1.82) is 0 Å². The number of carbonyl (C=O) groups is 2. The molecular formula is C10H8ClNO3. The predicted molar refractivity (Wildman–Crippen MR) is 55.2 cm³/mol. The fourth-order valence-corrected chi connectivity index (χ4v) is 0.898. The first-order valence-corrected chi connectivity index (χ1v) is 4.41. The van der Waals surface area contributed by atoms with Crippen molar-refractivity contribution in [3.8, 4) is 5.75 Å². The van der Waals surface area contributed by atoms with Gasteiger partial charge in [0.15, 0.2) is 0 Å². The maximum atomic E-state index is 11.1. The maximum absolute atomic E-state index is 11.1. The molecular weight excluding hydrogens is 218 g/mol. The fourth-order valence-electron chi connectivity index (χ4n) is 0.809. The van der Waals surface area contributed by atoms with Gasteiger partial charge in [-0.2, -0.15) is 0 Å². The topological polar surface area (TPSA) is 69.4 Å². The van der Waals surface area contributed by atoms with E-state index in [2.05, 4.69) is 0 Å². The maximum Gasteiger partial charge on any atom is 0.337 e. The van der Waals surface area contributed by atoms with E-state index in [9.17, 15) is 9.59 Å². The Balaban J connectivity index is 2.65. The minimum Gasteiger partial charge on any atom is -0.423 e. The molecule has 4 nitrogen and oxygen atoms in total. The highest BCUT2D eigenvalue weighted by Gasteiger charge is 2.06. The molecule has 2 N–H and O–H groups in total. The lowest BCUT2D eigenvalue weighted by molar-refractivity contribution is -0.129. The second kappa shape index (κ2) is 5.17. The molecule has 0 aliphatic heterocycles. The number of rotatable bonds is 3. The van der Waals surface area contributed by atoms with E-state index in [4.69, 9.17) is 22.1 Å². The summed E-state index contributed by atoms with van der Waals surface area (Å²) < 4.78 is 4.83. The summed E-state index contributed by atoms with van der Waals surface area (Å²) in [4.78, 5) is 21.6. The number of hydrogen-bond donors (Lipinski definition) is 1. The Morgan fingerprint density at radius 1 is 1.27 bits per heavy atom. The molecule has 0 radical (unpaired) electrons. The van der Waals surface area contributed by atoms with Crippen LogP contribution in [0, 0.1) is 0 Å². The molecule has 5 heteroatoms. The number of primary amides is 1. The van der Waals surface area contributed by atoms with Crippen molar-refractivity contribution >= 4 is 23.5 Å². The Hall–Kier alpha value is -1.81. The third kappa shape index (κ3) is 3.83. The summed E-state index contributed by atoms with van der Waals surface area (Å²) in [5.41, 5.74) is 4.83. The molecule has 1 aromatic carbocycles. The molecule has 0 aliphatic rings. The van der Waals surface area contributed by atoms with Gasteiger partial charge in [0, 0.05) is 6.08 Å². The fraction of sp³-hybridized carbons (Fsp3) is 0. The molecule has 0 aromatic heterocycles. The van der Waals surface area contributed by atoms with Crippen molar-refractivity contribution < 1.29 is 14.3 Å². The summed E-state index contributed by atoms with van der Waals surface area (Å²) >= 11 is 5.36. The second-order valence-electron chi connectivity index (χ2n) is 2.59. The normalized spacial score (nSPS) is 10.9. The van der Waals surface area contributed by atoms with E-state index < -0.39 is 11.9 Å². The van der Waals surface area contributed by atoms with Crippen LogP contribution >= 0.6 is 11.6 Å². The average Bonchev–Trinajstić information content (AvgIpc) is 2.18. The first-order valence-electron chi connectivity index (χ1n) is 4.03. The molecule has 0 spiro atoms. The van der Waals surface area contributed by atoms with Crippen molar-refractivity contribution in [2.24, 2.45) is 5.73 Å². The monoisotopic (exact) mass is 225 g/mol. The molecule has 0 saturated carbocycles. The summed E-state index contributed by atoms with van der Waals surface area (Å²) in [5.74, 6) is -1.25. The number of amides is 1. The first-order chi connectivity index (χ1) is 7.09. The van der Waals surface area contributed by atoms with Crippen LogP contribution in [-0.2, 0) is 9.59 Å². The van der Waals surface area contributed by atoms with Crippen LogP contribution in [0.5, 0.6) is 5.75 Å². The molecule has 0 bridgehead atoms. The molecule has 78 valence electrons. The molecule has 0 aliphatic carbocycles. The van der Waals surface area contributed by atoms with E-state index in [0.29, 0.717) is 5.75 Å². The highest BCUT2D eigenvalue weighted by atomic mass is 35.5. The van der Waals surface area contributed by atoms with Crippen LogP contribution in [0.25, 0.3) is 0 Å². The van der Waals surface area contributed by atoms with Crippen molar-refractivity contribution in [3.05, 3.63) is 41.4 Å². The smallest absolute Gasteiger partial charge is 0.337 e. The van der Waals surface area contributed by atoms with Crippen LogP contribution in [0.4, 0.5) is 0 Å². The number of para-hydroxylation sites is 1. The zero-order valence-electron chi connectivity index (χ0n) is 7.64. The molecule has 1 aromatic rings. The summed E-state index contributed by atoms with van der Waals surface area (Å²) in [5, 5.41) is -0.365. The van der Waals surface area contributed by atoms with Crippen LogP contribution in [0.1, 0.15) is 0 Å². The Kier molecular flexibility index (Phi) is 3.88. The van der Waals surface area contributed by atoms with Gasteiger partial charge in [0.2, 0.25) is 0 Å². The Morgan fingerprint density at radius 3 is 2.40 bits per heavy atom. The van der Waals surface area contributed by atoms with Gasteiger partial charge in [-0.05, 0) is 12.1 Å². The van der Waals surface area contributed by atoms with Gasteiger partial charge in [-0.3, -0.25) is 4.79 Å². The van der Waals surface area contributed by atoms with Crippen molar-refractivity contribution in [2.75, 3.05) is 0 Å². The largest absolute Gasteiger partial charge is 0.423 e. The van der Waals surface area contributed by atoms with Gasteiger partial charge in [-0.25, -0.2) is 4.79 Å². The number of halogens is 1. The van der Waals surface area contributed by atoms with Crippen LogP contribution in [0.3, 0.4) is 0 Å². The standard InChI is InChI=1S/C10H8ClNO3/c11-8(10(12)14)6-9(13)15-7-4-2-1-3-5-7/h1-6H,(H2,12,14)/b8-6+. The number of benzene rings is 1. The Labute approximate surface area is 91.3 Å². The van der Waals surface area contributed by atoms with Gasteiger partial charge in [-0.1, -0.05) is 29.8 Å². The molecule has 0 saturated heterocycles.